The van der Waals surface area contributed by atoms with E-state index in [4.69, 9.17) is 9.97 Å². The number of benzene rings is 8. The quantitative estimate of drug-likeness (QED) is 0.182. The van der Waals surface area contributed by atoms with E-state index in [2.05, 4.69) is 191 Å². The smallest absolute Gasteiger partial charge is 0.235 e. The maximum Gasteiger partial charge on any atom is 0.235 e. The second-order valence-electron chi connectivity index (χ2n) is 14.2. The van der Waals surface area contributed by atoms with Crippen LogP contribution in [0, 0.1) is 0 Å². The highest BCUT2D eigenvalue weighted by atomic mass is 32.1. The minimum absolute atomic E-state index is 0.664. The summed E-state index contributed by atoms with van der Waals surface area (Å²) in [6.45, 7) is 0. The topological polar surface area (TPSA) is 35.6 Å². The molecule has 12 aromatic rings. The minimum atomic E-state index is 0.664. The molecule has 0 amide bonds. The maximum absolute atomic E-state index is 5.51. The van der Waals surface area contributed by atoms with Crippen molar-refractivity contribution in [1.82, 2.24) is 19.1 Å². The van der Waals surface area contributed by atoms with Crippen molar-refractivity contribution in [3.05, 3.63) is 182 Å². The largest absolute Gasteiger partial charge is 0.301 e. The molecule has 0 aliphatic heterocycles. The Hall–Kier alpha value is -7.08. The molecule has 0 atom stereocenters. The number of fused-ring (bicyclic) bond motifs is 11. The summed E-state index contributed by atoms with van der Waals surface area (Å²) in [6, 6.07) is 65.1. The van der Waals surface area contributed by atoms with Gasteiger partial charge in [-0.05, 0) is 64.4 Å². The number of hydrogen-bond donors (Lipinski definition) is 0. The summed E-state index contributed by atoms with van der Waals surface area (Å²) in [6.07, 6.45) is 0. The van der Waals surface area contributed by atoms with E-state index in [-0.39, 0.29) is 0 Å². The van der Waals surface area contributed by atoms with E-state index in [0.717, 1.165) is 44.4 Å². The van der Waals surface area contributed by atoms with E-state index in [1.165, 1.54) is 58.3 Å². The summed E-state index contributed by atoms with van der Waals surface area (Å²) < 4.78 is 5.95. The van der Waals surface area contributed by atoms with Crippen molar-refractivity contribution in [3.63, 3.8) is 0 Å². The number of para-hydroxylation sites is 3. The van der Waals surface area contributed by atoms with Crippen molar-refractivity contribution < 1.29 is 0 Å². The molecule has 4 heterocycles. The molecule has 55 heavy (non-hydrogen) atoms. The molecule has 12 rings (SSSR count). The number of hydrogen-bond acceptors (Lipinski definition) is 3. The molecule has 0 N–H and O–H groups in total. The molecule has 5 heteroatoms. The van der Waals surface area contributed by atoms with Gasteiger partial charge in [-0.15, -0.1) is 11.3 Å². The summed E-state index contributed by atoms with van der Waals surface area (Å²) in [5, 5.41) is 9.64. The van der Waals surface area contributed by atoms with Gasteiger partial charge in [-0.2, -0.15) is 0 Å². The fourth-order valence-corrected chi connectivity index (χ4v) is 10.0. The van der Waals surface area contributed by atoms with Gasteiger partial charge < -0.3 is 4.57 Å². The first-order valence-corrected chi connectivity index (χ1v) is 19.4. The Balaban J connectivity index is 1.16. The van der Waals surface area contributed by atoms with Crippen molar-refractivity contribution in [2.45, 2.75) is 0 Å². The number of nitrogens with zero attached hydrogens (tertiary/aromatic N) is 4. The van der Waals surface area contributed by atoms with E-state index in [1.54, 1.807) is 0 Å². The van der Waals surface area contributed by atoms with Crippen LogP contribution in [0.25, 0.3) is 109 Å². The summed E-state index contributed by atoms with van der Waals surface area (Å²) in [5.74, 6) is 0.664. The van der Waals surface area contributed by atoms with Crippen LogP contribution in [0.3, 0.4) is 0 Å². The fourth-order valence-electron chi connectivity index (χ4n) is 8.62. The number of aromatic nitrogens is 4. The van der Waals surface area contributed by atoms with Gasteiger partial charge in [0.15, 0.2) is 0 Å². The molecule has 0 fully saturated rings. The van der Waals surface area contributed by atoms with Gasteiger partial charge in [0.25, 0.3) is 0 Å². The molecule has 0 saturated heterocycles. The zero-order valence-corrected chi connectivity index (χ0v) is 30.3. The second kappa shape index (κ2) is 11.7. The SMILES string of the molecule is c1ccc(-c2nc(-n3c4ccccc4c4ccc5c(sc6c5c5ccccc5n6-c5ccccc5)c43)nc3ccc(-c4ccc5ccccc5c4)cc23)cc1. The van der Waals surface area contributed by atoms with Gasteiger partial charge in [0.1, 0.15) is 4.83 Å². The third-order valence-corrected chi connectivity index (χ3v) is 12.3. The molecule has 4 nitrogen and oxygen atoms in total. The Morgan fingerprint density at radius 3 is 1.91 bits per heavy atom. The Morgan fingerprint density at radius 2 is 1.07 bits per heavy atom. The average Bonchev–Trinajstić information content (AvgIpc) is 3.90. The molecule has 0 aliphatic rings. The first-order valence-electron chi connectivity index (χ1n) is 18.6. The molecule has 4 aromatic heterocycles. The zero-order valence-electron chi connectivity index (χ0n) is 29.5. The van der Waals surface area contributed by atoms with Crippen LogP contribution < -0.4 is 0 Å². The van der Waals surface area contributed by atoms with Gasteiger partial charge in [0, 0.05) is 43.6 Å². The van der Waals surface area contributed by atoms with Crippen LogP contribution in [0.5, 0.6) is 0 Å². The van der Waals surface area contributed by atoms with Crippen LogP contribution in [0.15, 0.2) is 182 Å². The molecule has 0 saturated carbocycles. The molecule has 256 valence electrons. The van der Waals surface area contributed by atoms with Crippen LogP contribution in [-0.4, -0.2) is 19.1 Å². The van der Waals surface area contributed by atoms with Crippen molar-refractivity contribution in [3.8, 4) is 34.0 Å². The predicted molar refractivity (Wildman–Crippen MR) is 232 cm³/mol. The van der Waals surface area contributed by atoms with E-state index >= 15 is 0 Å². The van der Waals surface area contributed by atoms with E-state index in [1.807, 2.05) is 11.3 Å². The lowest BCUT2D eigenvalue weighted by Gasteiger charge is -2.13. The van der Waals surface area contributed by atoms with Gasteiger partial charge in [0.05, 0.1) is 32.5 Å². The van der Waals surface area contributed by atoms with Gasteiger partial charge in [-0.3, -0.25) is 4.57 Å². The van der Waals surface area contributed by atoms with E-state index in [0.29, 0.717) is 5.95 Å². The number of thiophene rings is 1. The molecular weight excluding hydrogens is 689 g/mol. The Kier molecular flexibility index (Phi) is 6.47. The van der Waals surface area contributed by atoms with Gasteiger partial charge in [-0.25, -0.2) is 9.97 Å². The van der Waals surface area contributed by atoms with Gasteiger partial charge in [0.2, 0.25) is 5.95 Å². The predicted octanol–water partition coefficient (Wildman–Crippen LogP) is 13.5. The Bertz CT molecular complexity index is 3480. The highest BCUT2D eigenvalue weighted by molar-refractivity contribution is 7.26. The second-order valence-corrected chi connectivity index (χ2v) is 15.2. The normalized spacial score (nSPS) is 12.0. The average molecular weight is 719 g/mol. The summed E-state index contributed by atoms with van der Waals surface area (Å²) in [7, 11) is 0. The standard InChI is InChI=1S/C50H30N4S/c1-3-14-32(15-4-1)46-41-30-35(34-24-23-31-13-7-8-16-33(31)29-34)25-28-42(41)51-50(52-46)54-43-21-11-9-19-37(43)38-26-27-40-45-39-20-10-12-22-44(39)53(36-17-5-2-6-18-36)49(45)55-48(40)47(38)54/h1-30H. The highest BCUT2D eigenvalue weighted by Gasteiger charge is 2.24. The maximum atomic E-state index is 5.51. The van der Waals surface area contributed by atoms with Crippen LogP contribution >= 0.6 is 11.3 Å². The highest BCUT2D eigenvalue weighted by Crippen LogP contribution is 2.47. The fraction of sp³-hybridized carbons (Fsp3) is 0. The van der Waals surface area contributed by atoms with Crippen LogP contribution in [-0.2, 0) is 0 Å². The molecule has 0 spiro atoms. The first kappa shape index (κ1) is 30.4. The van der Waals surface area contributed by atoms with Crippen molar-refractivity contribution in [2.75, 3.05) is 0 Å². The molecular formula is C50H30N4S. The van der Waals surface area contributed by atoms with Crippen molar-refractivity contribution in [1.29, 1.82) is 0 Å². The Morgan fingerprint density at radius 1 is 0.418 bits per heavy atom. The summed E-state index contributed by atoms with van der Waals surface area (Å²) in [4.78, 5) is 12.2. The lowest BCUT2D eigenvalue weighted by atomic mass is 9.98. The first-order chi connectivity index (χ1) is 27.3. The van der Waals surface area contributed by atoms with Crippen LogP contribution in [0.2, 0.25) is 0 Å². The van der Waals surface area contributed by atoms with Crippen LogP contribution in [0.4, 0.5) is 0 Å². The zero-order chi connectivity index (χ0) is 36.0. The lowest BCUT2D eigenvalue weighted by molar-refractivity contribution is 1.02. The molecule has 0 unspecified atom stereocenters. The molecule has 0 aliphatic carbocycles. The summed E-state index contributed by atoms with van der Waals surface area (Å²) >= 11 is 1.85. The third kappa shape index (κ3) is 4.51. The number of rotatable bonds is 4. The van der Waals surface area contributed by atoms with Crippen molar-refractivity contribution >= 4 is 86.0 Å². The van der Waals surface area contributed by atoms with E-state index in [9.17, 15) is 0 Å². The molecule has 0 bridgehead atoms. The minimum Gasteiger partial charge on any atom is -0.301 e. The molecule has 8 aromatic carbocycles. The van der Waals surface area contributed by atoms with Gasteiger partial charge >= 0.3 is 0 Å². The third-order valence-electron chi connectivity index (χ3n) is 11.1. The van der Waals surface area contributed by atoms with Crippen molar-refractivity contribution in [2.24, 2.45) is 0 Å². The van der Waals surface area contributed by atoms with E-state index < -0.39 is 0 Å². The Labute approximate surface area is 319 Å². The monoisotopic (exact) mass is 718 g/mol. The summed E-state index contributed by atoms with van der Waals surface area (Å²) in [5.41, 5.74) is 9.79. The lowest BCUT2D eigenvalue weighted by Crippen LogP contribution is -2.03. The molecule has 0 radical (unpaired) electrons. The van der Waals surface area contributed by atoms with Crippen LogP contribution in [0.1, 0.15) is 0 Å². The van der Waals surface area contributed by atoms with Gasteiger partial charge in [-0.1, -0.05) is 140 Å².